The van der Waals surface area contributed by atoms with E-state index < -0.39 is 0 Å². The zero-order valence-corrected chi connectivity index (χ0v) is 15.8. The minimum atomic E-state index is -0.211. The standard InChI is InChI=1S/C18H28N4O2.ClH/c1-13-5-7-16(8-6-13)21-18(24)20-11-15-4-3-9-22(12-15)17(23)14(2)10-19;/h5-8,14-15H,3-4,9-12,19H2,1-2H3,(H2,20,21,24);1H. The van der Waals surface area contributed by atoms with E-state index in [1.165, 1.54) is 0 Å². The first-order chi connectivity index (χ1) is 11.5. The van der Waals surface area contributed by atoms with Crippen molar-refractivity contribution in [3.63, 3.8) is 0 Å². The minimum Gasteiger partial charge on any atom is -0.342 e. The number of nitrogens with one attached hydrogen (secondary N) is 2. The second-order valence-corrected chi connectivity index (χ2v) is 6.63. The Labute approximate surface area is 155 Å². The molecule has 140 valence electrons. The number of nitrogens with zero attached hydrogens (tertiary/aromatic N) is 1. The van der Waals surface area contributed by atoms with Crippen LogP contribution in [0.4, 0.5) is 10.5 Å². The van der Waals surface area contributed by atoms with Crippen LogP contribution in [0.15, 0.2) is 24.3 Å². The molecule has 0 radical (unpaired) electrons. The van der Waals surface area contributed by atoms with Gasteiger partial charge >= 0.3 is 6.03 Å². The molecule has 0 aromatic heterocycles. The lowest BCUT2D eigenvalue weighted by atomic mass is 9.96. The molecule has 4 N–H and O–H groups in total. The second-order valence-electron chi connectivity index (χ2n) is 6.63. The Morgan fingerprint density at radius 2 is 2.00 bits per heavy atom. The third kappa shape index (κ3) is 6.55. The van der Waals surface area contributed by atoms with Gasteiger partial charge < -0.3 is 21.3 Å². The molecule has 1 aliphatic heterocycles. The molecule has 1 heterocycles. The number of aryl methyl sites for hydroxylation is 1. The molecule has 0 saturated carbocycles. The van der Waals surface area contributed by atoms with Crippen LogP contribution in [0.3, 0.4) is 0 Å². The van der Waals surface area contributed by atoms with Crippen molar-refractivity contribution in [1.82, 2.24) is 10.2 Å². The number of urea groups is 1. The van der Waals surface area contributed by atoms with E-state index in [4.69, 9.17) is 5.73 Å². The van der Waals surface area contributed by atoms with Crippen molar-refractivity contribution in [2.45, 2.75) is 26.7 Å². The number of anilines is 1. The van der Waals surface area contributed by atoms with E-state index in [0.717, 1.165) is 30.6 Å². The van der Waals surface area contributed by atoms with Gasteiger partial charge in [0.05, 0.1) is 0 Å². The lowest BCUT2D eigenvalue weighted by molar-refractivity contribution is -0.136. The summed E-state index contributed by atoms with van der Waals surface area (Å²) >= 11 is 0. The number of benzene rings is 1. The number of rotatable bonds is 5. The molecule has 1 fully saturated rings. The van der Waals surface area contributed by atoms with Gasteiger partial charge in [-0.2, -0.15) is 0 Å². The van der Waals surface area contributed by atoms with Crippen molar-refractivity contribution in [2.75, 3.05) is 31.5 Å². The average Bonchev–Trinajstić information content (AvgIpc) is 2.61. The van der Waals surface area contributed by atoms with Crippen LogP contribution in [0.2, 0.25) is 0 Å². The topological polar surface area (TPSA) is 87.5 Å². The van der Waals surface area contributed by atoms with Crippen molar-refractivity contribution in [3.05, 3.63) is 29.8 Å². The molecular formula is C18H29ClN4O2. The molecule has 7 heteroatoms. The van der Waals surface area contributed by atoms with Gasteiger partial charge in [0.15, 0.2) is 0 Å². The number of piperidine rings is 1. The van der Waals surface area contributed by atoms with E-state index >= 15 is 0 Å². The quantitative estimate of drug-likeness (QED) is 0.745. The first kappa shape index (κ1) is 21.3. The van der Waals surface area contributed by atoms with Crippen molar-refractivity contribution >= 4 is 30.0 Å². The summed E-state index contributed by atoms with van der Waals surface area (Å²) in [6.07, 6.45) is 1.99. The Hall–Kier alpha value is -1.79. The number of likely N-dealkylation sites (tertiary alicyclic amines) is 1. The van der Waals surface area contributed by atoms with Gasteiger partial charge in [-0.15, -0.1) is 12.4 Å². The maximum Gasteiger partial charge on any atom is 0.319 e. The summed E-state index contributed by atoms with van der Waals surface area (Å²) < 4.78 is 0. The summed E-state index contributed by atoms with van der Waals surface area (Å²) in [6.45, 7) is 6.28. The molecule has 0 bridgehead atoms. The van der Waals surface area contributed by atoms with Gasteiger partial charge in [0.2, 0.25) is 5.91 Å². The predicted molar refractivity (Wildman–Crippen MR) is 103 cm³/mol. The molecule has 2 atom stereocenters. The van der Waals surface area contributed by atoms with Crippen molar-refractivity contribution in [2.24, 2.45) is 17.6 Å². The highest BCUT2D eigenvalue weighted by Crippen LogP contribution is 2.17. The summed E-state index contributed by atoms with van der Waals surface area (Å²) in [7, 11) is 0. The molecule has 25 heavy (non-hydrogen) atoms. The van der Waals surface area contributed by atoms with Crippen LogP contribution in [0.25, 0.3) is 0 Å². The second kappa shape index (κ2) is 10.3. The zero-order valence-electron chi connectivity index (χ0n) is 15.0. The zero-order chi connectivity index (χ0) is 17.5. The Morgan fingerprint density at radius 1 is 1.32 bits per heavy atom. The van der Waals surface area contributed by atoms with Gasteiger partial charge in [-0.1, -0.05) is 24.6 Å². The summed E-state index contributed by atoms with van der Waals surface area (Å²) in [5.74, 6) is 0.268. The van der Waals surface area contributed by atoms with Crippen LogP contribution in [0, 0.1) is 18.8 Å². The van der Waals surface area contributed by atoms with Crippen LogP contribution in [-0.2, 0) is 4.79 Å². The number of hydrogen-bond donors (Lipinski definition) is 3. The number of carbonyl (C=O) groups is 2. The summed E-state index contributed by atoms with van der Waals surface area (Å²) in [6, 6.07) is 7.46. The van der Waals surface area contributed by atoms with E-state index in [-0.39, 0.29) is 36.2 Å². The number of hydrogen-bond acceptors (Lipinski definition) is 3. The van der Waals surface area contributed by atoms with Gasteiger partial charge in [0.25, 0.3) is 0 Å². The van der Waals surface area contributed by atoms with Gasteiger partial charge in [-0.05, 0) is 37.8 Å². The SMILES string of the molecule is Cc1ccc(NC(=O)NCC2CCCN(C(=O)C(C)CN)C2)cc1.Cl. The summed E-state index contributed by atoms with van der Waals surface area (Å²) in [4.78, 5) is 26.1. The van der Waals surface area contributed by atoms with Gasteiger partial charge in [-0.3, -0.25) is 4.79 Å². The molecule has 3 amide bonds. The number of amides is 3. The van der Waals surface area contributed by atoms with Crippen molar-refractivity contribution in [1.29, 1.82) is 0 Å². The highest BCUT2D eigenvalue weighted by atomic mass is 35.5. The average molecular weight is 369 g/mol. The van der Waals surface area contributed by atoms with E-state index in [2.05, 4.69) is 10.6 Å². The Bertz CT molecular complexity index is 565. The van der Waals surface area contributed by atoms with Crippen LogP contribution >= 0.6 is 12.4 Å². The summed E-state index contributed by atoms with van der Waals surface area (Å²) in [5.41, 5.74) is 7.51. The van der Waals surface area contributed by atoms with Crippen molar-refractivity contribution < 1.29 is 9.59 Å². The highest BCUT2D eigenvalue weighted by Gasteiger charge is 2.26. The molecule has 0 spiro atoms. The molecule has 2 rings (SSSR count). The Balaban J connectivity index is 0.00000312. The molecule has 6 nitrogen and oxygen atoms in total. The Kier molecular flexibility index (Phi) is 8.72. The number of halogens is 1. The fourth-order valence-corrected chi connectivity index (χ4v) is 2.89. The van der Waals surface area contributed by atoms with E-state index in [0.29, 0.717) is 19.6 Å². The molecule has 1 aromatic carbocycles. The molecule has 0 aliphatic carbocycles. The molecule has 2 unspecified atom stereocenters. The van der Waals surface area contributed by atoms with Gasteiger partial charge in [0.1, 0.15) is 0 Å². The van der Waals surface area contributed by atoms with E-state index in [1.54, 1.807) is 0 Å². The normalized spacial score (nSPS) is 18.0. The third-order valence-electron chi connectivity index (χ3n) is 4.47. The van der Waals surface area contributed by atoms with Crippen LogP contribution in [0.1, 0.15) is 25.3 Å². The van der Waals surface area contributed by atoms with Crippen molar-refractivity contribution in [3.8, 4) is 0 Å². The first-order valence-corrected chi connectivity index (χ1v) is 8.60. The van der Waals surface area contributed by atoms with Crippen LogP contribution < -0.4 is 16.4 Å². The molecule has 1 aromatic rings. The minimum absolute atomic E-state index is 0. The molecular weight excluding hydrogens is 340 g/mol. The smallest absolute Gasteiger partial charge is 0.319 e. The van der Waals surface area contributed by atoms with Gasteiger partial charge in [-0.25, -0.2) is 4.79 Å². The fraction of sp³-hybridized carbons (Fsp3) is 0.556. The highest BCUT2D eigenvalue weighted by molar-refractivity contribution is 5.89. The number of nitrogens with two attached hydrogens (primary N) is 1. The summed E-state index contributed by atoms with van der Waals surface area (Å²) in [5, 5.41) is 5.73. The lowest BCUT2D eigenvalue weighted by Crippen LogP contribution is -2.46. The largest absolute Gasteiger partial charge is 0.342 e. The van der Waals surface area contributed by atoms with E-state index in [9.17, 15) is 9.59 Å². The molecule has 1 saturated heterocycles. The monoisotopic (exact) mass is 368 g/mol. The van der Waals surface area contributed by atoms with Crippen LogP contribution in [0.5, 0.6) is 0 Å². The third-order valence-corrected chi connectivity index (χ3v) is 4.47. The first-order valence-electron chi connectivity index (χ1n) is 8.60. The Morgan fingerprint density at radius 3 is 2.64 bits per heavy atom. The molecule has 1 aliphatic rings. The number of carbonyl (C=O) groups excluding carboxylic acids is 2. The van der Waals surface area contributed by atoms with E-state index in [1.807, 2.05) is 43.0 Å². The van der Waals surface area contributed by atoms with Gasteiger partial charge in [0, 0.05) is 37.8 Å². The maximum absolute atomic E-state index is 12.2. The fourth-order valence-electron chi connectivity index (χ4n) is 2.89. The predicted octanol–water partition coefficient (Wildman–Crippen LogP) is 2.37. The maximum atomic E-state index is 12.2. The van der Waals surface area contributed by atoms with Crippen LogP contribution in [-0.4, -0.2) is 43.0 Å². The lowest BCUT2D eigenvalue weighted by Gasteiger charge is -2.34.